The van der Waals surface area contributed by atoms with Crippen LogP contribution in [0.15, 0.2) is 30.5 Å². The minimum absolute atomic E-state index is 0.0197. The Morgan fingerprint density at radius 2 is 2.15 bits per heavy atom. The first-order chi connectivity index (χ1) is 6.33. The predicted octanol–water partition coefficient (Wildman–Crippen LogP) is 1.81. The molecule has 0 radical (unpaired) electrons. The van der Waals surface area contributed by atoms with Gasteiger partial charge >= 0.3 is 0 Å². The van der Waals surface area contributed by atoms with Crippen molar-refractivity contribution in [1.82, 2.24) is 4.98 Å². The third kappa shape index (κ3) is 1.09. The van der Waals surface area contributed by atoms with E-state index >= 15 is 0 Å². The molecule has 0 aliphatic rings. The number of fused-ring (bicyclic) bond motifs is 1. The fraction of sp³-hybridized carbons (Fsp3) is 0. The highest BCUT2D eigenvalue weighted by Crippen LogP contribution is 2.23. The molecule has 1 aromatic heterocycles. The summed E-state index contributed by atoms with van der Waals surface area (Å²) in [7, 11) is 0. The number of phenolic OH excluding ortho intramolecular Hbond substituents is 1. The number of phenols is 1. The number of benzene rings is 1. The molecule has 0 saturated carbocycles. The van der Waals surface area contributed by atoms with E-state index in [-0.39, 0.29) is 11.3 Å². The largest absolute Gasteiger partial charge is 0.506 e. The van der Waals surface area contributed by atoms with Gasteiger partial charge in [-0.1, -0.05) is 6.07 Å². The number of aromatic hydroxyl groups is 1. The Kier molecular flexibility index (Phi) is 1.60. The molecule has 0 amide bonds. The maximum atomic E-state index is 9.35. The van der Waals surface area contributed by atoms with Gasteiger partial charge in [-0.25, -0.2) is 0 Å². The summed E-state index contributed by atoms with van der Waals surface area (Å²) in [6, 6.07) is 8.80. The van der Waals surface area contributed by atoms with E-state index in [0.717, 1.165) is 5.39 Å². The minimum atomic E-state index is -0.0197. The van der Waals surface area contributed by atoms with Crippen LogP contribution < -0.4 is 0 Å². The summed E-state index contributed by atoms with van der Waals surface area (Å²) in [5, 5.41) is 19.0. The Balaban J connectivity index is 2.94. The Morgan fingerprint density at radius 3 is 2.92 bits per heavy atom. The SMILES string of the molecule is N#Cc1c(O)ccc2cccnc12. The molecule has 0 aliphatic heterocycles. The Hall–Kier alpha value is -2.08. The normalized spacial score (nSPS) is 9.77. The number of hydrogen-bond donors (Lipinski definition) is 1. The number of nitriles is 1. The van der Waals surface area contributed by atoms with Gasteiger partial charge in [0, 0.05) is 11.6 Å². The first-order valence-corrected chi connectivity index (χ1v) is 3.80. The summed E-state index contributed by atoms with van der Waals surface area (Å²) in [5.41, 5.74) is 0.781. The molecule has 0 fully saturated rings. The quantitative estimate of drug-likeness (QED) is 0.656. The zero-order valence-electron chi connectivity index (χ0n) is 6.73. The number of hydrogen-bond acceptors (Lipinski definition) is 3. The van der Waals surface area contributed by atoms with E-state index in [1.165, 1.54) is 6.07 Å². The lowest BCUT2D eigenvalue weighted by atomic mass is 10.1. The molecule has 13 heavy (non-hydrogen) atoms. The topological polar surface area (TPSA) is 56.9 Å². The predicted molar refractivity (Wildman–Crippen MR) is 48.1 cm³/mol. The zero-order chi connectivity index (χ0) is 9.26. The van der Waals surface area contributed by atoms with Crippen LogP contribution in [-0.4, -0.2) is 10.1 Å². The van der Waals surface area contributed by atoms with Crippen molar-refractivity contribution >= 4 is 10.9 Å². The first-order valence-electron chi connectivity index (χ1n) is 3.80. The molecule has 3 nitrogen and oxygen atoms in total. The van der Waals surface area contributed by atoms with Crippen LogP contribution in [0.25, 0.3) is 10.9 Å². The molecule has 2 aromatic rings. The van der Waals surface area contributed by atoms with E-state index in [4.69, 9.17) is 5.26 Å². The third-order valence-electron chi connectivity index (χ3n) is 1.86. The maximum Gasteiger partial charge on any atom is 0.135 e. The van der Waals surface area contributed by atoms with Crippen molar-refractivity contribution in [3.8, 4) is 11.8 Å². The third-order valence-corrected chi connectivity index (χ3v) is 1.86. The van der Waals surface area contributed by atoms with E-state index in [1.54, 1.807) is 18.3 Å². The van der Waals surface area contributed by atoms with Crippen LogP contribution in [0, 0.1) is 11.3 Å². The van der Waals surface area contributed by atoms with Gasteiger partial charge in [-0.05, 0) is 18.2 Å². The molecular weight excluding hydrogens is 164 g/mol. The molecule has 1 heterocycles. The van der Waals surface area contributed by atoms with E-state index in [1.807, 2.05) is 12.1 Å². The van der Waals surface area contributed by atoms with Crippen LogP contribution in [-0.2, 0) is 0 Å². The van der Waals surface area contributed by atoms with Crippen LogP contribution in [0.2, 0.25) is 0 Å². The monoisotopic (exact) mass is 170 g/mol. The highest BCUT2D eigenvalue weighted by Gasteiger charge is 2.05. The molecule has 62 valence electrons. The average Bonchev–Trinajstić information content (AvgIpc) is 2.18. The van der Waals surface area contributed by atoms with E-state index in [0.29, 0.717) is 5.52 Å². The van der Waals surface area contributed by atoms with Crippen LogP contribution in [0.1, 0.15) is 5.56 Å². The fourth-order valence-corrected chi connectivity index (χ4v) is 1.24. The van der Waals surface area contributed by atoms with Crippen molar-refractivity contribution < 1.29 is 5.11 Å². The summed E-state index contributed by atoms with van der Waals surface area (Å²) in [4.78, 5) is 4.03. The van der Waals surface area contributed by atoms with E-state index in [2.05, 4.69) is 4.98 Å². The summed E-state index contributed by atoms with van der Waals surface area (Å²) in [5.74, 6) is -0.0197. The molecule has 0 spiro atoms. The van der Waals surface area contributed by atoms with Gasteiger partial charge in [0.1, 0.15) is 17.4 Å². The molecule has 1 aromatic carbocycles. The van der Waals surface area contributed by atoms with Crippen LogP contribution in [0.5, 0.6) is 5.75 Å². The highest BCUT2D eigenvalue weighted by atomic mass is 16.3. The Morgan fingerprint density at radius 1 is 1.31 bits per heavy atom. The van der Waals surface area contributed by atoms with Crippen molar-refractivity contribution in [1.29, 1.82) is 5.26 Å². The van der Waals surface area contributed by atoms with Crippen molar-refractivity contribution in [2.24, 2.45) is 0 Å². The highest BCUT2D eigenvalue weighted by molar-refractivity contribution is 5.86. The van der Waals surface area contributed by atoms with Crippen LogP contribution in [0.4, 0.5) is 0 Å². The molecule has 0 bridgehead atoms. The molecule has 0 unspecified atom stereocenters. The number of nitrogens with zero attached hydrogens (tertiary/aromatic N) is 2. The number of rotatable bonds is 0. The first kappa shape index (κ1) is 7.56. The molecule has 2 rings (SSSR count). The fourth-order valence-electron chi connectivity index (χ4n) is 1.24. The number of pyridine rings is 1. The van der Waals surface area contributed by atoms with Crippen molar-refractivity contribution in [3.63, 3.8) is 0 Å². The summed E-state index contributed by atoms with van der Waals surface area (Å²) in [6.45, 7) is 0. The lowest BCUT2D eigenvalue weighted by Gasteiger charge is -1.99. The van der Waals surface area contributed by atoms with E-state index in [9.17, 15) is 5.11 Å². The summed E-state index contributed by atoms with van der Waals surface area (Å²) < 4.78 is 0. The van der Waals surface area contributed by atoms with Gasteiger partial charge in [0.05, 0.1) is 5.52 Å². The van der Waals surface area contributed by atoms with Crippen LogP contribution >= 0.6 is 0 Å². The summed E-state index contributed by atoms with van der Waals surface area (Å²) in [6.07, 6.45) is 1.60. The van der Waals surface area contributed by atoms with Crippen LogP contribution in [0.3, 0.4) is 0 Å². The lowest BCUT2D eigenvalue weighted by Crippen LogP contribution is -1.83. The number of aromatic nitrogens is 1. The standard InChI is InChI=1S/C10H6N2O/c11-6-8-9(13)4-3-7-2-1-5-12-10(7)8/h1-5,13H. The van der Waals surface area contributed by atoms with Gasteiger partial charge in [0.15, 0.2) is 0 Å². The molecule has 3 heteroatoms. The Bertz CT molecular complexity index is 500. The van der Waals surface area contributed by atoms with Crippen molar-refractivity contribution in [3.05, 3.63) is 36.0 Å². The second-order valence-electron chi connectivity index (χ2n) is 2.65. The van der Waals surface area contributed by atoms with Gasteiger partial charge in [0.2, 0.25) is 0 Å². The summed E-state index contributed by atoms with van der Waals surface area (Å²) >= 11 is 0. The van der Waals surface area contributed by atoms with Gasteiger partial charge in [-0.2, -0.15) is 5.26 Å². The molecule has 0 aliphatic carbocycles. The zero-order valence-corrected chi connectivity index (χ0v) is 6.73. The second-order valence-corrected chi connectivity index (χ2v) is 2.65. The molecule has 0 atom stereocenters. The van der Waals surface area contributed by atoms with Gasteiger partial charge < -0.3 is 5.11 Å². The van der Waals surface area contributed by atoms with Gasteiger partial charge in [-0.3, -0.25) is 4.98 Å². The average molecular weight is 170 g/mol. The van der Waals surface area contributed by atoms with Crippen molar-refractivity contribution in [2.45, 2.75) is 0 Å². The van der Waals surface area contributed by atoms with E-state index < -0.39 is 0 Å². The molecule has 1 N–H and O–H groups in total. The van der Waals surface area contributed by atoms with Gasteiger partial charge in [-0.15, -0.1) is 0 Å². The molecule has 0 saturated heterocycles. The lowest BCUT2D eigenvalue weighted by molar-refractivity contribution is 0.474. The van der Waals surface area contributed by atoms with Gasteiger partial charge in [0.25, 0.3) is 0 Å². The molecular formula is C10H6N2O. The Labute approximate surface area is 74.9 Å². The maximum absolute atomic E-state index is 9.35. The minimum Gasteiger partial charge on any atom is -0.506 e. The van der Waals surface area contributed by atoms with Crippen molar-refractivity contribution in [2.75, 3.05) is 0 Å². The second kappa shape index (κ2) is 2.76. The smallest absolute Gasteiger partial charge is 0.135 e.